The molecule has 8 rings (SSSR count). The van der Waals surface area contributed by atoms with Gasteiger partial charge >= 0.3 is 6.09 Å². The largest absolute Gasteiger partial charge is 0.471 e. The number of carbonyl (C=O) groups is 4. The maximum atomic E-state index is 14.9. The zero-order valence-electron chi connectivity index (χ0n) is 31.7. The van der Waals surface area contributed by atoms with Crippen molar-refractivity contribution >= 4 is 44.9 Å². The highest BCUT2D eigenvalue weighted by atomic mass is 32.2. The minimum atomic E-state index is -3.94. The number of carbonyl (C=O) groups excluding carboxylic acids is 4. The first-order chi connectivity index (χ1) is 27.0. The number of nitrogens with zero attached hydrogens (tertiary/aromatic N) is 3. The fourth-order valence-corrected chi connectivity index (χ4v) is 10.7. The number of hydrogen-bond donors (Lipinski definition) is 3. The van der Waals surface area contributed by atoms with E-state index in [9.17, 15) is 27.6 Å². The summed E-state index contributed by atoms with van der Waals surface area (Å²) in [5.41, 5.74) is 0.375. The number of sulfonamides is 1. The number of rotatable bonds is 7. The number of benzene rings is 1. The third-order valence-electron chi connectivity index (χ3n) is 12.7. The molecule has 2 aliphatic heterocycles. The molecule has 3 saturated carbocycles. The van der Waals surface area contributed by atoms with Gasteiger partial charge < -0.3 is 25.0 Å². The highest BCUT2D eigenvalue weighted by Gasteiger charge is 2.53. The van der Waals surface area contributed by atoms with E-state index in [1.165, 1.54) is 17.1 Å². The minimum Gasteiger partial charge on any atom is -0.471 e. The van der Waals surface area contributed by atoms with Crippen LogP contribution in [0.5, 0.6) is 5.88 Å². The Kier molecular flexibility index (Phi) is 10.8. The molecule has 14 nitrogen and oxygen atoms in total. The highest BCUT2D eigenvalue weighted by Crippen LogP contribution is 2.37. The van der Waals surface area contributed by atoms with Crippen molar-refractivity contribution < 1.29 is 37.1 Å². The second-order valence-electron chi connectivity index (χ2n) is 16.5. The van der Waals surface area contributed by atoms with Gasteiger partial charge in [-0.3, -0.25) is 19.1 Å². The highest BCUT2D eigenvalue weighted by molar-refractivity contribution is 7.91. The van der Waals surface area contributed by atoms with E-state index in [0.29, 0.717) is 36.4 Å². The topological polar surface area (TPSA) is 186 Å². The molecule has 1 aromatic heterocycles. The van der Waals surface area contributed by atoms with Crippen LogP contribution in [-0.2, 0) is 35.6 Å². The van der Waals surface area contributed by atoms with Gasteiger partial charge in [0.1, 0.15) is 35.5 Å². The van der Waals surface area contributed by atoms with Gasteiger partial charge in [-0.1, -0.05) is 56.0 Å². The smallest absolute Gasteiger partial charge is 0.408 e. The summed E-state index contributed by atoms with van der Waals surface area (Å²) in [6, 6.07) is 5.50. The molecule has 3 heterocycles. The summed E-state index contributed by atoms with van der Waals surface area (Å²) in [6.07, 6.45) is 14.4. The lowest BCUT2D eigenvalue weighted by atomic mass is 9.73. The van der Waals surface area contributed by atoms with Crippen LogP contribution in [0.1, 0.15) is 95.6 Å². The van der Waals surface area contributed by atoms with Crippen LogP contribution in [0.3, 0.4) is 0 Å². The van der Waals surface area contributed by atoms with Crippen molar-refractivity contribution in [2.24, 2.45) is 17.8 Å². The Balaban J connectivity index is 1.13. The zero-order valence-corrected chi connectivity index (χ0v) is 32.5. The summed E-state index contributed by atoms with van der Waals surface area (Å²) in [7, 11) is -3.94. The average Bonchev–Trinajstić information content (AvgIpc) is 3.51. The fraction of sp³-hybridized carbons (Fsp3) is 0.610. The lowest BCUT2D eigenvalue weighted by Crippen LogP contribution is -2.67. The molecular weight excluding hydrogens is 737 g/mol. The van der Waals surface area contributed by atoms with Crippen LogP contribution in [0.4, 0.5) is 4.79 Å². The van der Waals surface area contributed by atoms with Crippen molar-refractivity contribution in [2.75, 3.05) is 6.54 Å². The van der Waals surface area contributed by atoms with Crippen LogP contribution in [0.2, 0.25) is 0 Å². The van der Waals surface area contributed by atoms with Crippen LogP contribution in [0, 0.1) is 17.8 Å². The monoisotopic (exact) mass is 788 g/mol. The molecule has 6 aliphatic rings. The second kappa shape index (κ2) is 15.8. The summed E-state index contributed by atoms with van der Waals surface area (Å²) >= 11 is 0. The summed E-state index contributed by atoms with van der Waals surface area (Å²) in [4.78, 5) is 68.1. The molecular formula is C41H52N6O8S. The van der Waals surface area contributed by atoms with Gasteiger partial charge in [0.25, 0.3) is 5.91 Å². The molecule has 3 N–H and O–H groups in total. The number of alkyl carbamates (subject to hydrolysis) is 1. The Morgan fingerprint density at radius 2 is 1.62 bits per heavy atom. The summed E-state index contributed by atoms with van der Waals surface area (Å²) < 4.78 is 40.6. The van der Waals surface area contributed by atoms with E-state index >= 15 is 0 Å². The van der Waals surface area contributed by atoms with E-state index < -0.39 is 68.7 Å². The van der Waals surface area contributed by atoms with Crippen LogP contribution in [0.15, 0.2) is 49.1 Å². The van der Waals surface area contributed by atoms with Gasteiger partial charge in [0.15, 0.2) is 0 Å². The predicted octanol–water partition coefficient (Wildman–Crippen LogP) is 4.38. The van der Waals surface area contributed by atoms with Gasteiger partial charge in [0, 0.05) is 12.3 Å². The van der Waals surface area contributed by atoms with Gasteiger partial charge in [0.2, 0.25) is 27.7 Å². The number of hydrogen-bond acceptors (Lipinski definition) is 10. The van der Waals surface area contributed by atoms with Crippen molar-refractivity contribution in [2.45, 2.75) is 131 Å². The Labute approximate surface area is 327 Å². The zero-order chi connectivity index (χ0) is 39.0. The third-order valence-corrected chi connectivity index (χ3v) is 14.5. The molecule has 0 unspecified atom stereocenters. The standard InChI is InChI=1S/C41H52N6O8S/c1-2-27-21-22-41(27,39(50)46-56(52,53)29-19-20-29)45-36(48)33-23-28-24-47(33)38(49)35(26-12-6-7-13-26)44-40(51)55-34-18-10-14-25(34)11-4-3-5-17-32-37(54-28)43-31-16-9-8-15-30(31)42-32/h2,8-9,15-16,21-22,25-29,33-35H,1,3-7,10-14,17-20,23-24H2,(H,44,51)(H,45,48)(H,46,50)/t25-,27-,28-,33+,34-,35+,41-/m1/s1. The molecule has 1 saturated heterocycles. The lowest BCUT2D eigenvalue weighted by molar-refractivity contribution is -0.142. The van der Waals surface area contributed by atoms with Gasteiger partial charge in [-0.2, -0.15) is 0 Å². The van der Waals surface area contributed by atoms with Gasteiger partial charge in [-0.05, 0) is 88.2 Å². The quantitative estimate of drug-likeness (QED) is 0.340. The van der Waals surface area contributed by atoms with Gasteiger partial charge in [-0.25, -0.2) is 23.2 Å². The first-order valence-corrected chi connectivity index (χ1v) is 22.0. The molecule has 7 atom stereocenters. The van der Waals surface area contributed by atoms with Crippen LogP contribution in [-0.4, -0.2) is 88.7 Å². The van der Waals surface area contributed by atoms with E-state index in [2.05, 4.69) is 21.9 Å². The molecule has 300 valence electrons. The molecule has 0 radical (unpaired) electrons. The van der Waals surface area contributed by atoms with E-state index in [-0.39, 0.29) is 30.9 Å². The van der Waals surface area contributed by atoms with Crippen LogP contribution in [0.25, 0.3) is 11.0 Å². The molecule has 2 aromatic rings. The Morgan fingerprint density at radius 1 is 0.911 bits per heavy atom. The van der Waals surface area contributed by atoms with Crippen molar-refractivity contribution in [1.82, 2.24) is 30.2 Å². The number of nitrogens with one attached hydrogen (secondary N) is 3. The molecule has 56 heavy (non-hydrogen) atoms. The van der Waals surface area contributed by atoms with E-state index in [0.717, 1.165) is 76.1 Å². The number of aryl methyl sites for hydroxylation is 1. The van der Waals surface area contributed by atoms with Gasteiger partial charge in [0.05, 0.1) is 22.8 Å². The predicted molar refractivity (Wildman–Crippen MR) is 207 cm³/mol. The molecule has 0 spiro atoms. The number of aromatic nitrogens is 2. The molecule has 1 aromatic carbocycles. The van der Waals surface area contributed by atoms with Crippen molar-refractivity contribution in [3.05, 3.63) is 54.8 Å². The maximum absolute atomic E-state index is 14.9. The molecule has 4 fully saturated rings. The number of para-hydroxylation sites is 2. The average molecular weight is 789 g/mol. The summed E-state index contributed by atoms with van der Waals surface area (Å²) in [6.45, 7) is 3.83. The molecule has 2 bridgehead atoms. The van der Waals surface area contributed by atoms with Crippen molar-refractivity contribution in [3.63, 3.8) is 0 Å². The summed E-state index contributed by atoms with van der Waals surface area (Å²) in [5.74, 6) is -2.24. The van der Waals surface area contributed by atoms with Crippen molar-refractivity contribution in [3.8, 4) is 5.88 Å². The van der Waals surface area contributed by atoms with E-state index in [4.69, 9.17) is 19.4 Å². The van der Waals surface area contributed by atoms with E-state index in [1.54, 1.807) is 6.08 Å². The SMILES string of the molecule is C=C[C@@H]1C=C[C@]1(NC(=O)[C@@H]1C[C@@H]2CN1C(=O)[C@H](C1CCCC1)NC(=O)O[C@@H]1CCC[C@H]1CCCCCc1nc3ccccc3nc1O2)C(=O)NS(=O)(=O)C1CC1. The number of ether oxygens (including phenoxy) is 2. The van der Waals surface area contributed by atoms with Crippen molar-refractivity contribution in [1.29, 1.82) is 0 Å². The Morgan fingerprint density at radius 3 is 2.34 bits per heavy atom. The maximum Gasteiger partial charge on any atom is 0.408 e. The fourth-order valence-electron chi connectivity index (χ4n) is 9.36. The Hall–Kier alpha value is -4.53. The number of amides is 4. The third kappa shape index (κ3) is 7.75. The Bertz CT molecular complexity index is 2010. The molecule has 4 amide bonds. The normalized spacial score (nSPS) is 31.5. The van der Waals surface area contributed by atoms with Crippen LogP contribution < -0.4 is 20.1 Å². The van der Waals surface area contributed by atoms with Gasteiger partial charge in [-0.15, -0.1) is 6.58 Å². The first-order valence-electron chi connectivity index (χ1n) is 20.4. The number of fused-ring (bicyclic) bond motifs is 5. The second-order valence-corrected chi connectivity index (χ2v) is 18.5. The lowest BCUT2D eigenvalue weighted by Gasteiger charge is -2.42. The first kappa shape index (κ1) is 38.3. The molecule has 15 heteroatoms. The molecule has 4 aliphatic carbocycles. The van der Waals surface area contributed by atoms with E-state index in [1.807, 2.05) is 24.3 Å². The summed E-state index contributed by atoms with van der Waals surface area (Å²) in [5, 5.41) is 5.13. The van der Waals surface area contributed by atoms with Crippen LogP contribution >= 0.6 is 0 Å². The minimum absolute atomic E-state index is 0.00545.